The summed E-state index contributed by atoms with van der Waals surface area (Å²) in [6, 6.07) is 10.0. The number of carboxylic acids is 1. The van der Waals surface area contributed by atoms with E-state index in [0.29, 0.717) is 17.0 Å². The zero-order valence-electron chi connectivity index (χ0n) is 15.9. The first-order valence-corrected chi connectivity index (χ1v) is 10.5. The third kappa shape index (κ3) is 6.12. The van der Waals surface area contributed by atoms with E-state index in [0.717, 1.165) is 25.7 Å². The number of amides is 1. The summed E-state index contributed by atoms with van der Waals surface area (Å²) in [4.78, 5) is 23.3. The maximum atomic E-state index is 12.5. The molecule has 0 atom stereocenters. The number of rotatable bonds is 6. The van der Waals surface area contributed by atoms with Crippen molar-refractivity contribution >= 4 is 40.8 Å². The van der Waals surface area contributed by atoms with Crippen molar-refractivity contribution < 1.29 is 19.4 Å². The van der Waals surface area contributed by atoms with Crippen LogP contribution in [0.5, 0.6) is 11.5 Å². The maximum absolute atomic E-state index is 12.5. The lowest BCUT2D eigenvalue weighted by Gasteiger charge is -2.15. The van der Waals surface area contributed by atoms with Gasteiger partial charge in [-0.15, -0.1) is 0 Å². The van der Waals surface area contributed by atoms with Crippen molar-refractivity contribution in [3.8, 4) is 11.5 Å². The van der Waals surface area contributed by atoms with Crippen LogP contribution in [0.15, 0.2) is 36.4 Å². The monoisotopic (exact) mass is 435 g/mol. The topological polar surface area (TPSA) is 75.6 Å². The molecule has 5 nitrogen and oxygen atoms in total. The molecule has 1 amide bonds. The summed E-state index contributed by atoms with van der Waals surface area (Å²) in [5.41, 5.74) is 1.21. The van der Waals surface area contributed by atoms with E-state index >= 15 is 0 Å². The minimum atomic E-state index is -0.965. The molecule has 1 aliphatic rings. The van der Waals surface area contributed by atoms with Crippen LogP contribution in [0.1, 0.15) is 44.1 Å². The molecule has 1 saturated carbocycles. The summed E-state index contributed by atoms with van der Waals surface area (Å²) in [5.74, 6) is -0.0479. The SMILES string of the molecule is O=C(O)Cc1cc(Cl)c(Oc2ccc(NC(=O)C3CCCCCC3)cc2)c(Cl)c1. The van der Waals surface area contributed by atoms with Gasteiger partial charge in [-0.1, -0.05) is 48.9 Å². The number of aliphatic carboxylic acids is 1. The fraction of sp³-hybridized carbons (Fsp3) is 0.364. The summed E-state index contributed by atoms with van der Waals surface area (Å²) in [7, 11) is 0. The molecule has 1 aliphatic carbocycles. The maximum Gasteiger partial charge on any atom is 0.307 e. The summed E-state index contributed by atoms with van der Waals surface area (Å²) >= 11 is 12.4. The van der Waals surface area contributed by atoms with E-state index in [2.05, 4.69) is 5.32 Å². The van der Waals surface area contributed by atoms with Crippen molar-refractivity contribution in [2.45, 2.75) is 44.9 Å². The molecule has 0 spiro atoms. The molecule has 0 aromatic heterocycles. The molecule has 3 rings (SSSR count). The highest BCUT2D eigenvalue weighted by Gasteiger charge is 2.20. The van der Waals surface area contributed by atoms with E-state index in [1.165, 1.54) is 25.0 Å². The minimum absolute atomic E-state index is 0.0701. The molecule has 154 valence electrons. The average Bonchev–Trinajstić information content (AvgIpc) is 2.95. The Hall–Kier alpha value is -2.24. The Morgan fingerprint density at radius 3 is 2.14 bits per heavy atom. The van der Waals surface area contributed by atoms with Gasteiger partial charge in [-0.2, -0.15) is 0 Å². The first-order valence-electron chi connectivity index (χ1n) is 9.71. The van der Waals surface area contributed by atoms with E-state index in [9.17, 15) is 9.59 Å². The Labute approximate surface area is 180 Å². The van der Waals surface area contributed by atoms with Gasteiger partial charge in [0.25, 0.3) is 0 Å². The van der Waals surface area contributed by atoms with Gasteiger partial charge in [0.2, 0.25) is 5.91 Å². The van der Waals surface area contributed by atoms with E-state index in [-0.39, 0.29) is 34.0 Å². The lowest BCUT2D eigenvalue weighted by Crippen LogP contribution is -2.22. The Bertz CT molecular complexity index is 852. The van der Waals surface area contributed by atoms with Crippen LogP contribution in [0.3, 0.4) is 0 Å². The van der Waals surface area contributed by atoms with Gasteiger partial charge in [0, 0.05) is 11.6 Å². The fourth-order valence-corrected chi connectivity index (χ4v) is 4.11. The highest BCUT2D eigenvalue weighted by atomic mass is 35.5. The Kier molecular flexibility index (Phi) is 7.40. The van der Waals surface area contributed by atoms with Crippen molar-refractivity contribution in [3.63, 3.8) is 0 Å². The van der Waals surface area contributed by atoms with Gasteiger partial charge in [0.15, 0.2) is 5.75 Å². The van der Waals surface area contributed by atoms with Crippen molar-refractivity contribution in [2.75, 3.05) is 5.32 Å². The Morgan fingerprint density at radius 1 is 1.00 bits per heavy atom. The first-order chi connectivity index (χ1) is 13.9. The van der Waals surface area contributed by atoms with Crippen molar-refractivity contribution in [1.29, 1.82) is 0 Å². The van der Waals surface area contributed by atoms with Crippen molar-refractivity contribution in [3.05, 3.63) is 52.0 Å². The number of hydrogen-bond acceptors (Lipinski definition) is 3. The molecule has 0 unspecified atom stereocenters. The standard InChI is InChI=1S/C22H23Cl2NO4/c23-18-11-14(13-20(26)27)12-19(24)21(18)29-17-9-7-16(8-10-17)25-22(28)15-5-3-1-2-4-6-15/h7-12,15H,1-6,13H2,(H,25,28)(H,26,27). The van der Waals surface area contributed by atoms with Crippen LogP contribution in [0.4, 0.5) is 5.69 Å². The van der Waals surface area contributed by atoms with E-state index in [1.54, 1.807) is 24.3 Å². The fourth-order valence-electron chi connectivity index (χ4n) is 3.50. The predicted molar refractivity (Wildman–Crippen MR) is 114 cm³/mol. The second-order valence-corrected chi connectivity index (χ2v) is 8.08. The number of carbonyl (C=O) groups is 2. The summed E-state index contributed by atoms with van der Waals surface area (Å²) in [5, 5.41) is 12.3. The molecular weight excluding hydrogens is 413 g/mol. The number of carboxylic acid groups (broad SMARTS) is 1. The van der Waals surface area contributed by atoms with Crippen LogP contribution in [-0.4, -0.2) is 17.0 Å². The van der Waals surface area contributed by atoms with Gasteiger partial charge in [0.05, 0.1) is 16.5 Å². The molecule has 2 aromatic rings. The highest BCUT2D eigenvalue weighted by Crippen LogP contribution is 2.38. The highest BCUT2D eigenvalue weighted by molar-refractivity contribution is 6.37. The van der Waals surface area contributed by atoms with Crippen LogP contribution in [0.2, 0.25) is 10.0 Å². The minimum Gasteiger partial charge on any atom is -0.481 e. The van der Waals surface area contributed by atoms with E-state index in [4.69, 9.17) is 33.0 Å². The van der Waals surface area contributed by atoms with Crippen molar-refractivity contribution in [1.82, 2.24) is 0 Å². The van der Waals surface area contributed by atoms with E-state index < -0.39 is 5.97 Å². The smallest absolute Gasteiger partial charge is 0.307 e. The number of ether oxygens (including phenoxy) is 1. The number of benzene rings is 2. The quantitative estimate of drug-likeness (QED) is 0.520. The van der Waals surface area contributed by atoms with Gasteiger partial charge in [-0.25, -0.2) is 0 Å². The molecule has 0 radical (unpaired) electrons. The molecule has 7 heteroatoms. The lowest BCUT2D eigenvalue weighted by atomic mass is 9.99. The number of hydrogen-bond donors (Lipinski definition) is 2. The predicted octanol–water partition coefficient (Wildman–Crippen LogP) is 6.32. The summed E-state index contributed by atoms with van der Waals surface area (Å²) < 4.78 is 5.77. The molecule has 0 saturated heterocycles. The first kappa shape index (κ1) is 21.5. The third-order valence-corrected chi connectivity index (χ3v) is 5.54. The largest absolute Gasteiger partial charge is 0.481 e. The van der Waals surface area contributed by atoms with Crippen molar-refractivity contribution in [2.24, 2.45) is 5.92 Å². The van der Waals surface area contributed by atoms with Crippen LogP contribution in [-0.2, 0) is 16.0 Å². The molecule has 2 N–H and O–H groups in total. The normalized spacial score (nSPS) is 14.8. The number of halogens is 2. The molecule has 0 heterocycles. The van der Waals surface area contributed by atoms with E-state index in [1.807, 2.05) is 0 Å². The molecule has 1 fully saturated rings. The number of anilines is 1. The average molecular weight is 436 g/mol. The molecule has 0 aliphatic heterocycles. The zero-order valence-corrected chi connectivity index (χ0v) is 17.4. The van der Waals surface area contributed by atoms with Gasteiger partial charge in [-0.05, 0) is 54.8 Å². The summed E-state index contributed by atoms with van der Waals surface area (Å²) in [6.07, 6.45) is 6.35. The van der Waals surface area contributed by atoms with Crippen LogP contribution in [0.25, 0.3) is 0 Å². The zero-order chi connectivity index (χ0) is 20.8. The van der Waals surface area contributed by atoms with Gasteiger partial charge < -0.3 is 15.2 Å². The summed E-state index contributed by atoms with van der Waals surface area (Å²) in [6.45, 7) is 0. The second-order valence-electron chi connectivity index (χ2n) is 7.26. The van der Waals surface area contributed by atoms with Gasteiger partial charge >= 0.3 is 5.97 Å². The van der Waals surface area contributed by atoms with Gasteiger partial charge in [0.1, 0.15) is 5.75 Å². The Morgan fingerprint density at radius 2 is 1.59 bits per heavy atom. The number of nitrogens with one attached hydrogen (secondary N) is 1. The van der Waals surface area contributed by atoms with Gasteiger partial charge in [-0.3, -0.25) is 9.59 Å². The Balaban J connectivity index is 1.64. The molecule has 2 aromatic carbocycles. The third-order valence-electron chi connectivity index (χ3n) is 4.98. The number of carbonyl (C=O) groups excluding carboxylic acids is 1. The second kappa shape index (κ2) is 9.99. The van der Waals surface area contributed by atoms with Crippen LogP contribution >= 0.6 is 23.2 Å². The lowest BCUT2D eigenvalue weighted by molar-refractivity contribution is -0.136. The molecule has 0 bridgehead atoms. The van der Waals surface area contributed by atoms with Crippen LogP contribution < -0.4 is 10.1 Å². The molecule has 29 heavy (non-hydrogen) atoms. The van der Waals surface area contributed by atoms with Crippen LogP contribution in [0, 0.1) is 5.92 Å². The molecular formula is C22H23Cl2NO4.